The lowest BCUT2D eigenvalue weighted by molar-refractivity contribution is -0.154. The summed E-state index contributed by atoms with van der Waals surface area (Å²) in [5, 5.41) is 0. The fourth-order valence-corrected chi connectivity index (χ4v) is 4.03. The number of carbonyl (C=O) groups excluding carboxylic acids is 2. The molecule has 0 N–H and O–H groups in total. The molecule has 0 aromatic heterocycles. The van der Waals surface area contributed by atoms with Gasteiger partial charge in [0.2, 0.25) is 0 Å². The molecular formula is C19H22O3. The van der Waals surface area contributed by atoms with Crippen molar-refractivity contribution in [2.75, 3.05) is 0 Å². The summed E-state index contributed by atoms with van der Waals surface area (Å²) in [6.07, 6.45) is 4.39. The molecule has 22 heavy (non-hydrogen) atoms. The molecule has 2 aliphatic rings. The fourth-order valence-electron chi connectivity index (χ4n) is 4.03. The summed E-state index contributed by atoms with van der Waals surface area (Å²) < 4.78 is 5.50. The van der Waals surface area contributed by atoms with Crippen molar-refractivity contribution in [3.63, 3.8) is 0 Å². The normalized spacial score (nSPS) is 32.6. The minimum Gasteiger partial charge on any atom is -0.451 e. The second-order valence-corrected chi connectivity index (χ2v) is 7.16. The predicted molar refractivity (Wildman–Crippen MR) is 85.0 cm³/mol. The minimum absolute atomic E-state index is 0.0928. The number of Topliss-reactive ketones (excluding diaryl/α,β-unsaturated/α-hetero) is 1. The first-order valence-corrected chi connectivity index (χ1v) is 7.84. The van der Waals surface area contributed by atoms with Gasteiger partial charge in [0, 0.05) is 17.4 Å². The van der Waals surface area contributed by atoms with E-state index < -0.39 is 12.1 Å². The van der Waals surface area contributed by atoms with Crippen LogP contribution in [0.3, 0.4) is 0 Å². The van der Waals surface area contributed by atoms with Crippen molar-refractivity contribution in [2.45, 2.75) is 39.7 Å². The predicted octanol–water partition coefficient (Wildman–Crippen LogP) is 3.64. The molecule has 3 atom stereocenters. The van der Waals surface area contributed by atoms with Gasteiger partial charge in [0.15, 0.2) is 11.9 Å². The minimum atomic E-state index is -0.582. The Hall–Kier alpha value is -1.90. The summed E-state index contributed by atoms with van der Waals surface area (Å²) in [6, 6.07) is 9.57. The molecule has 1 aromatic rings. The number of hydrogen-bond donors (Lipinski definition) is 0. The lowest BCUT2D eigenvalue weighted by Gasteiger charge is -2.31. The summed E-state index contributed by atoms with van der Waals surface area (Å²) in [4.78, 5) is 24.7. The van der Waals surface area contributed by atoms with Gasteiger partial charge in [0.05, 0.1) is 0 Å². The average molecular weight is 298 g/mol. The van der Waals surface area contributed by atoms with Crippen LogP contribution in [0.25, 0.3) is 6.08 Å². The largest absolute Gasteiger partial charge is 0.451 e. The van der Waals surface area contributed by atoms with Crippen LogP contribution in [0.4, 0.5) is 0 Å². The molecular weight excluding hydrogens is 276 g/mol. The van der Waals surface area contributed by atoms with Crippen LogP contribution in [0.15, 0.2) is 36.4 Å². The first kappa shape index (κ1) is 15.0. The van der Waals surface area contributed by atoms with Crippen LogP contribution in [0, 0.1) is 16.7 Å². The van der Waals surface area contributed by atoms with Gasteiger partial charge >= 0.3 is 5.97 Å². The Morgan fingerprint density at radius 3 is 2.50 bits per heavy atom. The molecule has 2 fully saturated rings. The van der Waals surface area contributed by atoms with Crippen LogP contribution in [-0.2, 0) is 14.3 Å². The second kappa shape index (κ2) is 5.08. The third-order valence-electron chi connectivity index (χ3n) is 5.93. The zero-order chi connectivity index (χ0) is 16.0. The fraction of sp³-hybridized carbons (Fsp3) is 0.474. The highest BCUT2D eigenvalue weighted by molar-refractivity contribution is 5.96. The van der Waals surface area contributed by atoms with Gasteiger partial charge in [-0.1, -0.05) is 51.1 Å². The van der Waals surface area contributed by atoms with E-state index in [0.717, 1.165) is 18.4 Å². The Bertz CT molecular complexity index is 629. The molecule has 0 radical (unpaired) electrons. The molecule has 3 rings (SSSR count). The van der Waals surface area contributed by atoms with Crippen LogP contribution < -0.4 is 0 Å². The highest BCUT2D eigenvalue weighted by Gasteiger charge is 2.67. The summed E-state index contributed by atoms with van der Waals surface area (Å²) in [5.41, 5.74) is 0.482. The van der Waals surface area contributed by atoms with Crippen LogP contribution in [0.5, 0.6) is 0 Å². The first-order chi connectivity index (χ1) is 10.4. The van der Waals surface area contributed by atoms with Crippen molar-refractivity contribution in [3.8, 4) is 0 Å². The van der Waals surface area contributed by atoms with Gasteiger partial charge in [-0.05, 0) is 29.9 Å². The highest BCUT2D eigenvalue weighted by Crippen LogP contribution is 2.64. The van der Waals surface area contributed by atoms with Crippen LogP contribution in [0.1, 0.15) is 39.2 Å². The van der Waals surface area contributed by atoms with Crippen LogP contribution >= 0.6 is 0 Å². The molecule has 0 saturated heterocycles. The number of rotatable bonds is 3. The van der Waals surface area contributed by atoms with Crippen molar-refractivity contribution < 1.29 is 14.3 Å². The average Bonchev–Trinajstić information content (AvgIpc) is 2.80. The van der Waals surface area contributed by atoms with Crippen molar-refractivity contribution >= 4 is 17.8 Å². The molecule has 0 spiro atoms. The Morgan fingerprint density at radius 1 is 1.23 bits per heavy atom. The molecule has 3 unspecified atom stereocenters. The standard InChI is InChI=1S/C19H22O3/c1-18(2)14-11-12-19(18,3)17(21)16(14)22-15(20)10-9-13-7-5-4-6-8-13/h4-10,14,16H,11-12H2,1-3H3/b10-9+. The number of hydrogen-bond acceptors (Lipinski definition) is 3. The molecule has 2 aliphatic carbocycles. The van der Waals surface area contributed by atoms with Gasteiger partial charge in [0.25, 0.3) is 0 Å². The van der Waals surface area contributed by atoms with E-state index >= 15 is 0 Å². The molecule has 3 nitrogen and oxygen atoms in total. The molecule has 3 heteroatoms. The molecule has 0 aliphatic heterocycles. The third kappa shape index (κ3) is 2.11. The summed E-state index contributed by atoms with van der Waals surface area (Å²) >= 11 is 0. The zero-order valence-corrected chi connectivity index (χ0v) is 13.3. The quantitative estimate of drug-likeness (QED) is 0.632. The monoisotopic (exact) mass is 298 g/mol. The Balaban J connectivity index is 1.71. The summed E-state index contributed by atoms with van der Waals surface area (Å²) in [6.45, 7) is 6.26. The zero-order valence-electron chi connectivity index (χ0n) is 13.3. The van der Waals surface area contributed by atoms with Crippen molar-refractivity contribution in [2.24, 2.45) is 16.7 Å². The number of carbonyl (C=O) groups is 2. The van der Waals surface area contributed by atoms with Gasteiger partial charge in [-0.25, -0.2) is 4.79 Å². The maximum Gasteiger partial charge on any atom is 0.331 e. The van der Waals surface area contributed by atoms with Crippen molar-refractivity contribution in [1.29, 1.82) is 0 Å². The molecule has 1 aromatic carbocycles. The SMILES string of the molecule is CC12CCC(C(OC(=O)/C=C/c3ccccc3)C1=O)C2(C)C. The van der Waals surface area contributed by atoms with Crippen LogP contribution in [-0.4, -0.2) is 17.9 Å². The van der Waals surface area contributed by atoms with Crippen LogP contribution in [0.2, 0.25) is 0 Å². The number of fused-ring (bicyclic) bond motifs is 2. The number of esters is 1. The second-order valence-electron chi connectivity index (χ2n) is 7.16. The van der Waals surface area contributed by atoms with Gasteiger partial charge < -0.3 is 4.74 Å². The number of ether oxygens (including phenoxy) is 1. The Morgan fingerprint density at radius 2 is 1.91 bits per heavy atom. The van der Waals surface area contributed by atoms with Gasteiger partial charge in [-0.15, -0.1) is 0 Å². The highest BCUT2D eigenvalue weighted by atomic mass is 16.5. The lowest BCUT2D eigenvalue weighted by Crippen LogP contribution is -2.37. The smallest absolute Gasteiger partial charge is 0.331 e. The van der Waals surface area contributed by atoms with Crippen molar-refractivity contribution in [3.05, 3.63) is 42.0 Å². The van der Waals surface area contributed by atoms with E-state index in [0.29, 0.717) is 0 Å². The Kier molecular flexibility index (Phi) is 3.47. The van der Waals surface area contributed by atoms with E-state index in [-0.39, 0.29) is 22.5 Å². The van der Waals surface area contributed by atoms with E-state index in [1.165, 1.54) is 6.08 Å². The summed E-state index contributed by atoms with van der Waals surface area (Å²) in [5.74, 6) is -0.205. The van der Waals surface area contributed by atoms with E-state index in [9.17, 15) is 9.59 Å². The third-order valence-corrected chi connectivity index (χ3v) is 5.93. The van der Waals surface area contributed by atoms with E-state index in [2.05, 4.69) is 13.8 Å². The van der Waals surface area contributed by atoms with Gasteiger partial charge in [0.1, 0.15) is 0 Å². The number of benzene rings is 1. The van der Waals surface area contributed by atoms with E-state index in [1.54, 1.807) is 6.08 Å². The molecule has 0 amide bonds. The van der Waals surface area contributed by atoms with E-state index in [1.807, 2.05) is 37.3 Å². The maximum absolute atomic E-state index is 12.6. The topological polar surface area (TPSA) is 43.4 Å². The van der Waals surface area contributed by atoms with Crippen molar-refractivity contribution in [1.82, 2.24) is 0 Å². The van der Waals surface area contributed by atoms with Gasteiger partial charge in [-0.2, -0.15) is 0 Å². The molecule has 116 valence electrons. The maximum atomic E-state index is 12.6. The molecule has 0 heterocycles. The number of ketones is 1. The summed E-state index contributed by atoms with van der Waals surface area (Å²) in [7, 11) is 0. The molecule has 2 saturated carbocycles. The lowest BCUT2D eigenvalue weighted by atomic mass is 9.70. The van der Waals surface area contributed by atoms with Gasteiger partial charge in [-0.3, -0.25) is 4.79 Å². The Labute approximate surface area is 131 Å². The van der Waals surface area contributed by atoms with E-state index in [4.69, 9.17) is 4.74 Å². The molecule has 2 bridgehead atoms. The first-order valence-electron chi connectivity index (χ1n) is 7.84.